The summed E-state index contributed by atoms with van der Waals surface area (Å²) in [6, 6.07) is 12.7. The zero-order chi connectivity index (χ0) is 18.6. The summed E-state index contributed by atoms with van der Waals surface area (Å²) >= 11 is 0. The molecule has 0 aliphatic heterocycles. The molecule has 0 saturated carbocycles. The van der Waals surface area contributed by atoms with Crippen LogP contribution in [0.5, 0.6) is 0 Å². The molecule has 136 valence electrons. The lowest BCUT2D eigenvalue weighted by molar-refractivity contribution is 0.581. The third-order valence-electron chi connectivity index (χ3n) is 3.93. The van der Waals surface area contributed by atoms with Crippen molar-refractivity contribution in [3.63, 3.8) is 0 Å². The van der Waals surface area contributed by atoms with Crippen LogP contribution in [0.25, 0.3) is 11.4 Å². The summed E-state index contributed by atoms with van der Waals surface area (Å²) in [4.78, 5) is 4.54. The van der Waals surface area contributed by atoms with Gasteiger partial charge in [-0.3, -0.25) is 5.10 Å². The molecule has 26 heavy (non-hydrogen) atoms. The summed E-state index contributed by atoms with van der Waals surface area (Å²) in [7, 11) is -3.56. The number of H-pyrrole nitrogens is 1. The number of aromatic nitrogens is 3. The molecule has 0 fully saturated rings. The maximum Gasteiger partial charge on any atom is 0.240 e. The molecular formula is C18H19FN4O2S. The molecule has 3 rings (SSSR count). The average molecular weight is 374 g/mol. The fourth-order valence-electron chi connectivity index (χ4n) is 2.43. The molecule has 0 unspecified atom stereocenters. The molecule has 1 heterocycles. The first-order valence-corrected chi connectivity index (χ1v) is 9.72. The van der Waals surface area contributed by atoms with Gasteiger partial charge in [0, 0.05) is 18.5 Å². The van der Waals surface area contributed by atoms with Crippen molar-refractivity contribution in [1.82, 2.24) is 19.9 Å². The molecule has 2 N–H and O–H groups in total. The quantitative estimate of drug-likeness (QED) is 0.666. The minimum Gasteiger partial charge on any atom is -0.263 e. The van der Waals surface area contributed by atoms with E-state index in [0.29, 0.717) is 23.6 Å². The van der Waals surface area contributed by atoms with Gasteiger partial charge in [0.25, 0.3) is 0 Å². The van der Waals surface area contributed by atoms with Crippen LogP contribution in [0.15, 0.2) is 53.4 Å². The average Bonchev–Trinajstić information content (AvgIpc) is 3.11. The second-order valence-corrected chi connectivity index (χ2v) is 7.52. The lowest BCUT2D eigenvalue weighted by Gasteiger charge is -2.06. The van der Waals surface area contributed by atoms with Gasteiger partial charge in [-0.15, -0.1) is 0 Å². The standard InChI is InChI=1S/C18H19FN4O2S/c1-2-13-3-9-16(10-4-13)26(24,25)20-12-11-17-21-18(23-22-17)14-5-7-15(19)8-6-14/h3-10,20H,2,11-12H2,1H3,(H,21,22,23). The number of nitrogens with one attached hydrogen (secondary N) is 2. The zero-order valence-electron chi connectivity index (χ0n) is 14.2. The van der Waals surface area contributed by atoms with E-state index in [9.17, 15) is 12.8 Å². The maximum absolute atomic E-state index is 13.0. The van der Waals surface area contributed by atoms with Crippen LogP contribution in [0.3, 0.4) is 0 Å². The predicted molar refractivity (Wildman–Crippen MR) is 96.5 cm³/mol. The molecule has 0 aliphatic carbocycles. The van der Waals surface area contributed by atoms with Crippen molar-refractivity contribution in [1.29, 1.82) is 0 Å². The molecule has 0 radical (unpaired) electrons. The Morgan fingerprint density at radius 2 is 1.77 bits per heavy atom. The highest BCUT2D eigenvalue weighted by Gasteiger charge is 2.14. The highest BCUT2D eigenvalue weighted by molar-refractivity contribution is 7.89. The van der Waals surface area contributed by atoms with Gasteiger partial charge in [0.05, 0.1) is 4.90 Å². The van der Waals surface area contributed by atoms with Gasteiger partial charge in [-0.25, -0.2) is 22.5 Å². The number of halogens is 1. The first-order valence-electron chi connectivity index (χ1n) is 8.24. The van der Waals surface area contributed by atoms with E-state index in [0.717, 1.165) is 12.0 Å². The molecule has 3 aromatic rings. The molecule has 0 amide bonds. The SMILES string of the molecule is CCc1ccc(S(=O)(=O)NCCc2nc(-c3ccc(F)cc3)n[nH]2)cc1. The Morgan fingerprint density at radius 3 is 2.42 bits per heavy atom. The summed E-state index contributed by atoms with van der Waals surface area (Å²) in [5, 5.41) is 6.84. The van der Waals surface area contributed by atoms with Crippen molar-refractivity contribution < 1.29 is 12.8 Å². The second-order valence-electron chi connectivity index (χ2n) is 5.76. The molecule has 2 aromatic carbocycles. The van der Waals surface area contributed by atoms with Crippen molar-refractivity contribution >= 4 is 10.0 Å². The van der Waals surface area contributed by atoms with Gasteiger partial charge in [0.1, 0.15) is 11.6 Å². The molecule has 1 aromatic heterocycles. The molecule has 0 bridgehead atoms. The number of hydrogen-bond acceptors (Lipinski definition) is 4. The molecule has 0 saturated heterocycles. The summed E-state index contributed by atoms with van der Waals surface area (Å²) in [5.41, 5.74) is 1.77. The largest absolute Gasteiger partial charge is 0.263 e. The van der Waals surface area contributed by atoms with Crippen LogP contribution < -0.4 is 4.72 Å². The van der Waals surface area contributed by atoms with E-state index in [-0.39, 0.29) is 17.3 Å². The molecule has 0 spiro atoms. The number of aryl methyl sites for hydroxylation is 1. The number of nitrogens with zero attached hydrogens (tertiary/aromatic N) is 2. The lowest BCUT2D eigenvalue weighted by Crippen LogP contribution is -2.26. The number of aromatic amines is 1. The molecular weight excluding hydrogens is 355 g/mol. The van der Waals surface area contributed by atoms with E-state index in [2.05, 4.69) is 19.9 Å². The Morgan fingerprint density at radius 1 is 1.08 bits per heavy atom. The third kappa shape index (κ3) is 4.33. The van der Waals surface area contributed by atoms with Crippen molar-refractivity contribution in [2.75, 3.05) is 6.54 Å². The summed E-state index contributed by atoms with van der Waals surface area (Å²) < 4.78 is 40.1. The van der Waals surface area contributed by atoms with Crippen molar-refractivity contribution in [2.45, 2.75) is 24.7 Å². The van der Waals surface area contributed by atoms with Crippen LogP contribution >= 0.6 is 0 Å². The topological polar surface area (TPSA) is 87.7 Å². The lowest BCUT2D eigenvalue weighted by atomic mass is 10.2. The van der Waals surface area contributed by atoms with Crippen LogP contribution in [0, 0.1) is 5.82 Å². The second kappa shape index (κ2) is 7.76. The van der Waals surface area contributed by atoms with Gasteiger partial charge in [0.15, 0.2) is 5.82 Å². The third-order valence-corrected chi connectivity index (χ3v) is 5.41. The summed E-state index contributed by atoms with van der Waals surface area (Å²) in [6.07, 6.45) is 1.22. The van der Waals surface area contributed by atoms with Crippen LogP contribution in [-0.2, 0) is 22.9 Å². The normalized spacial score (nSPS) is 11.6. The highest BCUT2D eigenvalue weighted by atomic mass is 32.2. The Kier molecular flexibility index (Phi) is 5.43. The van der Waals surface area contributed by atoms with E-state index >= 15 is 0 Å². The maximum atomic E-state index is 13.0. The summed E-state index contributed by atoms with van der Waals surface area (Å²) in [6.45, 7) is 2.20. The Balaban J connectivity index is 1.60. The zero-order valence-corrected chi connectivity index (χ0v) is 15.1. The number of rotatable bonds is 7. The summed E-state index contributed by atoms with van der Waals surface area (Å²) in [5.74, 6) is 0.664. The minimum atomic E-state index is -3.56. The van der Waals surface area contributed by atoms with E-state index in [1.807, 2.05) is 6.92 Å². The van der Waals surface area contributed by atoms with Crippen LogP contribution in [0.2, 0.25) is 0 Å². The Bertz CT molecular complexity index is 967. The molecule has 0 atom stereocenters. The van der Waals surface area contributed by atoms with Gasteiger partial charge < -0.3 is 0 Å². The molecule has 6 nitrogen and oxygen atoms in total. The fourth-order valence-corrected chi connectivity index (χ4v) is 3.46. The Labute approximate surface area is 151 Å². The van der Waals surface area contributed by atoms with E-state index in [1.54, 1.807) is 36.4 Å². The fraction of sp³-hybridized carbons (Fsp3) is 0.222. The van der Waals surface area contributed by atoms with Crippen LogP contribution in [-0.4, -0.2) is 30.1 Å². The van der Waals surface area contributed by atoms with Gasteiger partial charge >= 0.3 is 0 Å². The number of benzene rings is 2. The van der Waals surface area contributed by atoms with Gasteiger partial charge in [0.2, 0.25) is 10.0 Å². The van der Waals surface area contributed by atoms with E-state index < -0.39 is 10.0 Å². The van der Waals surface area contributed by atoms with Gasteiger partial charge in [-0.1, -0.05) is 19.1 Å². The van der Waals surface area contributed by atoms with Crippen molar-refractivity contribution in [2.24, 2.45) is 0 Å². The van der Waals surface area contributed by atoms with Crippen molar-refractivity contribution in [3.8, 4) is 11.4 Å². The van der Waals surface area contributed by atoms with Crippen LogP contribution in [0.4, 0.5) is 4.39 Å². The smallest absolute Gasteiger partial charge is 0.240 e. The first-order chi connectivity index (χ1) is 12.5. The molecule has 8 heteroatoms. The Hall–Kier alpha value is -2.58. The highest BCUT2D eigenvalue weighted by Crippen LogP contribution is 2.15. The monoisotopic (exact) mass is 374 g/mol. The van der Waals surface area contributed by atoms with Crippen molar-refractivity contribution in [3.05, 3.63) is 65.7 Å². The molecule has 0 aliphatic rings. The predicted octanol–water partition coefficient (Wildman–Crippen LogP) is 2.69. The van der Waals surface area contributed by atoms with E-state index in [1.165, 1.54) is 12.1 Å². The first kappa shape index (κ1) is 18.2. The number of sulfonamides is 1. The number of hydrogen-bond donors (Lipinski definition) is 2. The van der Waals surface area contributed by atoms with Gasteiger partial charge in [-0.2, -0.15) is 5.10 Å². The minimum absolute atomic E-state index is 0.190. The van der Waals surface area contributed by atoms with Gasteiger partial charge in [-0.05, 0) is 48.4 Å². The van der Waals surface area contributed by atoms with Crippen LogP contribution in [0.1, 0.15) is 18.3 Å². The van der Waals surface area contributed by atoms with E-state index in [4.69, 9.17) is 0 Å².